The molecule has 5 heteroatoms. The number of carbonyl (C=O) groups is 1. The second-order valence-corrected chi connectivity index (χ2v) is 3.90. The molecule has 1 aromatic carbocycles. The van der Waals surface area contributed by atoms with Gasteiger partial charge in [-0.3, -0.25) is 4.72 Å². The molecule has 2 N–H and O–H groups in total. The van der Waals surface area contributed by atoms with Gasteiger partial charge in [0.1, 0.15) is 0 Å². The summed E-state index contributed by atoms with van der Waals surface area (Å²) in [5.41, 5.74) is 0. The van der Waals surface area contributed by atoms with Crippen LogP contribution in [0.15, 0.2) is 35.2 Å². The van der Waals surface area contributed by atoms with Gasteiger partial charge in [0.25, 0.3) is 0 Å². The fourth-order valence-electron chi connectivity index (χ4n) is 0.581. The van der Waals surface area contributed by atoms with Gasteiger partial charge in [0.05, 0.1) is 0 Å². The van der Waals surface area contributed by atoms with Gasteiger partial charge in [-0.25, -0.2) is 4.79 Å². The van der Waals surface area contributed by atoms with Crippen molar-refractivity contribution in [1.29, 1.82) is 0 Å². The highest BCUT2D eigenvalue weighted by atomic mass is 33.1. The third-order valence-electron chi connectivity index (χ3n) is 1.01. The average molecular weight is 201 g/mol. The van der Waals surface area contributed by atoms with E-state index in [-0.39, 0.29) is 0 Å². The maximum absolute atomic E-state index is 10.0. The summed E-state index contributed by atoms with van der Waals surface area (Å²) in [5.74, 6) is 0. The van der Waals surface area contributed by atoms with Gasteiger partial charge >= 0.3 is 6.09 Å². The zero-order valence-electron chi connectivity index (χ0n) is 6.06. The molecule has 0 saturated heterocycles. The number of hydrogen-bond acceptors (Lipinski definition) is 3. The molecular weight excluding hydrogens is 194 g/mol. The smallest absolute Gasteiger partial charge is 0.415 e. The van der Waals surface area contributed by atoms with Crippen molar-refractivity contribution in [3.63, 3.8) is 0 Å². The Kier molecular flexibility index (Phi) is 3.83. The van der Waals surface area contributed by atoms with Crippen LogP contribution in [0.1, 0.15) is 0 Å². The number of hydrogen-bond donors (Lipinski definition) is 2. The summed E-state index contributed by atoms with van der Waals surface area (Å²) in [4.78, 5) is 11.1. The molecule has 0 atom stereocenters. The molecule has 0 fully saturated rings. The molecule has 0 aliphatic heterocycles. The van der Waals surface area contributed by atoms with Crippen LogP contribution in [-0.2, 0) is 0 Å². The van der Waals surface area contributed by atoms with Gasteiger partial charge in [0.2, 0.25) is 0 Å². The Morgan fingerprint density at radius 1 is 1.33 bits per heavy atom. The summed E-state index contributed by atoms with van der Waals surface area (Å²) in [6.07, 6.45) is -1.02. The van der Waals surface area contributed by atoms with Gasteiger partial charge in [-0.1, -0.05) is 18.2 Å². The zero-order valence-corrected chi connectivity index (χ0v) is 7.69. The highest BCUT2D eigenvalue weighted by molar-refractivity contribution is 8.76. The number of nitrogens with one attached hydrogen (secondary N) is 1. The quantitative estimate of drug-likeness (QED) is 0.583. The summed E-state index contributed by atoms with van der Waals surface area (Å²) in [6.45, 7) is 0. The first kappa shape index (κ1) is 9.28. The molecule has 0 saturated carbocycles. The summed E-state index contributed by atoms with van der Waals surface area (Å²) in [7, 11) is 2.46. The van der Waals surface area contributed by atoms with Crippen molar-refractivity contribution in [3.05, 3.63) is 30.3 Å². The van der Waals surface area contributed by atoms with Gasteiger partial charge < -0.3 is 5.11 Å². The lowest BCUT2D eigenvalue weighted by atomic mass is 10.4. The van der Waals surface area contributed by atoms with E-state index in [0.717, 1.165) is 15.9 Å². The van der Waals surface area contributed by atoms with E-state index in [9.17, 15) is 4.79 Å². The Balaban J connectivity index is 2.29. The van der Waals surface area contributed by atoms with Crippen LogP contribution in [0.2, 0.25) is 0 Å². The Bertz CT molecular complexity index is 253. The second kappa shape index (κ2) is 4.95. The van der Waals surface area contributed by atoms with Gasteiger partial charge in [0.15, 0.2) is 0 Å². The third kappa shape index (κ3) is 3.54. The van der Waals surface area contributed by atoms with E-state index < -0.39 is 6.09 Å². The summed E-state index contributed by atoms with van der Waals surface area (Å²) < 4.78 is 2.19. The van der Waals surface area contributed by atoms with Crippen LogP contribution in [0.3, 0.4) is 0 Å². The van der Waals surface area contributed by atoms with Crippen molar-refractivity contribution in [2.75, 3.05) is 0 Å². The standard InChI is InChI=1S/C7H7NO2S2/c9-7(10)8-12-11-6-4-2-1-3-5-6/h1-5,8H,(H,9,10). The lowest BCUT2D eigenvalue weighted by Crippen LogP contribution is -2.09. The lowest BCUT2D eigenvalue weighted by molar-refractivity contribution is 0.202. The predicted molar refractivity (Wildman–Crippen MR) is 51.1 cm³/mol. The summed E-state index contributed by atoms with van der Waals surface area (Å²) in [6, 6.07) is 9.56. The van der Waals surface area contributed by atoms with Crippen molar-refractivity contribution in [2.24, 2.45) is 0 Å². The topological polar surface area (TPSA) is 49.3 Å². The summed E-state index contributed by atoms with van der Waals surface area (Å²) in [5, 5.41) is 8.25. The largest absolute Gasteiger partial charge is 0.464 e. The van der Waals surface area contributed by atoms with Gasteiger partial charge in [-0.2, -0.15) is 0 Å². The molecule has 0 unspecified atom stereocenters. The van der Waals surface area contributed by atoms with E-state index in [1.54, 1.807) is 0 Å². The molecule has 1 rings (SSSR count). The first-order chi connectivity index (χ1) is 5.79. The van der Waals surface area contributed by atoms with Gasteiger partial charge in [-0.05, 0) is 22.9 Å². The second-order valence-electron chi connectivity index (χ2n) is 1.89. The predicted octanol–water partition coefficient (Wildman–Crippen LogP) is 2.61. The number of rotatable bonds is 3. The maximum Gasteiger partial charge on any atom is 0.415 e. The molecule has 0 aliphatic rings. The average Bonchev–Trinajstić information content (AvgIpc) is 2.05. The molecule has 0 aliphatic carbocycles. The number of benzene rings is 1. The van der Waals surface area contributed by atoms with Crippen LogP contribution < -0.4 is 4.72 Å². The molecule has 0 radical (unpaired) electrons. The SMILES string of the molecule is O=C(O)NSSc1ccccc1. The first-order valence-electron chi connectivity index (χ1n) is 3.16. The van der Waals surface area contributed by atoms with Crippen LogP contribution in [-0.4, -0.2) is 11.2 Å². The fraction of sp³-hybridized carbons (Fsp3) is 0. The minimum Gasteiger partial charge on any atom is -0.464 e. The Morgan fingerprint density at radius 3 is 2.58 bits per heavy atom. The molecule has 3 nitrogen and oxygen atoms in total. The monoisotopic (exact) mass is 201 g/mol. The van der Waals surface area contributed by atoms with Crippen LogP contribution in [0, 0.1) is 0 Å². The van der Waals surface area contributed by atoms with Gasteiger partial charge in [-0.15, -0.1) is 0 Å². The number of amides is 1. The minimum atomic E-state index is -1.02. The van der Waals surface area contributed by atoms with Crippen molar-refractivity contribution >= 4 is 27.9 Å². The van der Waals surface area contributed by atoms with E-state index in [0.29, 0.717) is 0 Å². The van der Waals surface area contributed by atoms with E-state index >= 15 is 0 Å². The van der Waals surface area contributed by atoms with Gasteiger partial charge in [0, 0.05) is 15.9 Å². The molecule has 12 heavy (non-hydrogen) atoms. The first-order valence-corrected chi connectivity index (χ1v) is 5.31. The van der Waals surface area contributed by atoms with Crippen molar-refractivity contribution in [3.8, 4) is 0 Å². The van der Waals surface area contributed by atoms with E-state index in [1.807, 2.05) is 30.3 Å². The van der Waals surface area contributed by atoms with Crippen molar-refractivity contribution < 1.29 is 9.90 Å². The third-order valence-corrected chi connectivity index (χ3v) is 2.89. The van der Waals surface area contributed by atoms with Crippen LogP contribution in [0.5, 0.6) is 0 Å². The molecular formula is C7H7NO2S2. The van der Waals surface area contributed by atoms with Crippen molar-refractivity contribution in [1.82, 2.24) is 4.72 Å². The molecule has 1 aromatic rings. The molecule has 64 valence electrons. The van der Waals surface area contributed by atoms with Crippen molar-refractivity contribution in [2.45, 2.75) is 4.90 Å². The maximum atomic E-state index is 10.0. The number of carboxylic acid groups (broad SMARTS) is 1. The van der Waals surface area contributed by atoms with E-state index in [4.69, 9.17) is 5.11 Å². The van der Waals surface area contributed by atoms with E-state index in [1.165, 1.54) is 10.8 Å². The van der Waals surface area contributed by atoms with E-state index in [2.05, 4.69) is 4.72 Å². The molecule has 0 bridgehead atoms. The molecule has 0 heterocycles. The van der Waals surface area contributed by atoms with Crippen LogP contribution in [0.4, 0.5) is 4.79 Å². The Morgan fingerprint density at radius 2 is 2.00 bits per heavy atom. The highest BCUT2D eigenvalue weighted by Crippen LogP contribution is 2.27. The Labute approximate surface area is 78.1 Å². The summed E-state index contributed by atoms with van der Waals surface area (Å²) >= 11 is 0. The fourth-order valence-corrected chi connectivity index (χ4v) is 2.02. The molecule has 0 aromatic heterocycles. The van der Waals surface area contributed by atoms with Crippen LogP contribution >= 0.6 is 21.8 Å². The normalized spacial score (nSPS) is 9.33. The zero-order chi connectivity index (χ0) is 8.81. The molecule has 1 amide bonds. The highest BCUT2D eigenvalue weighted by Gasteiger charge is 1.95. The molecule has 0 spiro atoms. The minimum absolute atomic E-state index is 1.02. The Hall–Kier alpha value is -0.810. The lowest BCUT2D eigenvalue weighted by Gasteiger charge is -1.97. The van der Waals surface area contributed by atoms with Crippen LogP contribution in [0.25, 0.3) is 0 Å².